The predicted octanol–water partition coefficient (Wildman–Crippen LogP) is 2.24. The minimum Gasteiger partial charge on any atom is -0.504 e. The Labute approximate surface area is 90.3 Å². The third-order valence-electron chi connectivity index (χ3n) is 2.42. The Kier molecular flexibility index (Phi) is 4.43. The van der Waals surface area contributed by atoms with Gasteiger partial charge in [-0.3, -0.25) is 0 Å². The van der Waals surface area contributed by atoms with Gasteiger partial charge in [-0.2, -0.15) is 0 Å². The van der Waals surface area contributed by atoms with E-state index in [1.54, 1.807) is 0 Å². The van der Waals surface area contributed by atoms with Crippen LogP contribution in [-0.4, -0.2) is 17.3 Å². The molecule has 0 heterocycles. The van der Waals surface area contributed by atoms with Gasteiger partial charge in [0.05, 0.1) is 13.7 Å². The minimum atomic E-state index is -0.165. The van der Waals surface area contributed by atoms with Crippen molar-refractivity contribution in [2.24, 2.45) is 0 Å². The maximum Gasteiger partial charge on any atom is 0.163 e. The topological polar surface area (TPSA) is 49.7 Å². The van der Waals surface area contributed by atoms with E-state index in [-0.39, 0.29) is 12.4 Å². The second-order valence-electron chi connectivity index (χ2n) is 3.57. The Bertz CT molecular complexity index is 296. The highest BCUT2D eigenvalue weighted by molar-refractivity contribution is 5.48. The van der Waals surface area contributed by atoms with Crippen LogP contribution in [0.3, 0.4) is 0 Å². The van der Waals surface area contributed by atoms with E-state index in [1.165, 1.54) is 7.11 Å². The summed E-state index contributed by atoms with van der Waals surface area (Å²) in [6, 6.07) is 3.65. The second-order valence-corrected chi connectivity index (χ2v) is 3.57. The Morgan fingerprint density at radius 1 is 1.33 bits per heavy atom. The molecule has 1 rings (SSSR count). The van der Waals surface area contributed by atoms with Gasteiger partial charge in [0.15, 0.2) is 11.5 Å². The normalized spacial score (nSPS) is 10.3. The number of aryl methyl sites for hydroxylation is 1. The first kappa shape index (κ1) is 11.9. The van der Waals surface area contributed by atoms with Crippen LogP contribution >= 0.6 is 0 Å². The Morgan fingerprint density at radius 3 is 2.60 bits per heavy atom. The number of hydrogen-bond acceptors (Lipinski definition) is 3. The SMILES string of the molecule is CCCCc1cc(CO)c(O)c(OC)c1. The van der Waals surface area contributed by atoms with E-state index in [4.69, 9.17) is 9.84 Å². The van der Waals surface area contributed by atoms with E-state index in [9.17, 15) is 5.11 Å². The summed E-state index contributed by atoms with van der Waals surface area (Å²) in [5.41, 5.74) is 1.62. The van der Waals surface area contributed by atoms with Gasteiger partial charge in [-0.05, 0) is 30.5 Å². The van der Waals surface area contributed by atoms with Crippen molar-refractivity contribution in [3.8, 4) is 11.5 Å². The van der Waals surface area contributed by atoms with Crippen molar-refractivity contribution in [1.29, 1.82) is 0 Å². The van der Waals surface area contributed by atoms with E-state index in [0.717, 1.165) is 24.8 Å². The fourth-order valence-corrected chi connectivity index (χ4v) is 1.53. The molecule has 0 aliphatic rings. The molecule has 0 atom stereocenters. The lowest BCUT2D eigenvalue weighted by Gasteiger charge is -2.10. The van der Waals surface area contributed by atoms with E-state index >= 15 is 0 Å². The van der Waals surface area contributed by atoms with Gasteiger partial charge >= 0.3 is 0 Å². The van der Waals surface area contributed by atoms with E-state index < -0.39 is 0 Å². The summed E-state index contributed by atoms with van der Waals surface area (Å²) < 4.78 is 5.05. The summed E-state index contributed by atoms with van der Waals surface area (Å²) >= 11 is 0. The highest BCUT2D eigenvalue weighted by atomic mass is 16.5. The van der Waals surface area contributed by atoms with Gasteiger partial charge in [0.1, 0.15) is 0 Å². The first-order chi connectivity index (χ1) is 7.22. The number of aromatic hydroxyl groups is 1. The number of phenols is 1. The molecule has 2 N–H and O–H groups in total. The summed E-state index contributed by atoms with van der Waals surface area (Å²) in [5, 5.41) is 18.7. The van der Waals surface area contributed by atoms with Crippen LogP contribution in [0, 0.1) is 0 Å². The van der Waals surface area contributed by atoms with Crippen LogP contribution in [0.15, 0.2) is 12.1 Å². The van der Waals surface area contributed by atoms with Crippen molar-refractivity contribution >= 4 is 0 Å². The Balaban J connectivity index is 2.98. The van der Waals surface area contributed by atoms with Crippen LogP contribution in [0.4, 0.5) is 0 Å². The van der Waals surface area contributed by atoms with Crippen molar-refractivity contribution in [2.75, 3.05) is 7.11 Å². The number of aliphatic hydroxyl groups is 1. The quantitative estimate of drug-likeness (QED) is 0.783. The van der Waals surface area contributed by atoms with Crippen LogP contribution in [0.1, 0.15) is 30.9 Å². The molecule has 3 heteroatoms. The molecular formula is C12H18O3. The van der Waals surface area contributed by atoms with Crippen LogP contribution in [0.25, 0.3) is 0 Å². The average Bonchev–Trinajstić information content (AvgIpc) is 2.27. The molecule has 3 nitrogen and oxygen atoms in total. The average molecular weight is 210 g/mol. The lowest BCUT2D eigenvalue weighted by Crippen LogP contribution is -1.94. The molecule has 0 spiro atoms. The molecule has 0 saturated heterocycles. The number of benzene rings is 1. The molecule has 0 aliphatic carbocycles. The zero-order chi connectivity index (χ0) is 11.3. The monoisotopic (exact) mass is 210 g/mol. The van der Waals surface area contributed by atoms with Gasteiger partial charge < -0.3 is 14.9 Å². The maximum atomic E-state index is 9.65. The standard InChI is InChI=1S/C12H18O3/c1-3-4-5-9-6-10(8-13)12(14)11(7-9)15-2/h6-7,13-14H,3-5,8H2,1-2H3. The number of aliphatic hydroxyl groups excluding tert-OH is 1. The lowest BCUT2D eigenvalue weighted by molar-refractivity contribution is 0.272. The van der Waals surface area contributed by atoms with Crippen molar-refractivity contribution in [2.45, 2.75) is 32.8 Å². The van der Waals surface area contributed by atoms with Gasteiger partial charge in [0.25, 0.3) is 0 Å². The highest BCUT2D eigenvalue weighted by Gasteiger charge is 2.09. The molecule has 0 amide bonds. The Hall–Kier alpha value is -1.22. The number of methoxy groups -OCH3 is 1. The molecular weight excluding hydrogens is 192 g/mol. The number of rotatable bonds is 5. The molecule has 0 aromatic heterocycles. The molecule has 0 bridgehead atoms. The fourth-order valence-electron chi connectivity index (χ4n) is 1.53. The molecule has 1 aromatic carbocycles. The van der Waals surface area contributed by atoms with Gasteiger partial charge in [-0.25, -0.2) is 0 Å². The van der Waals surface area contributed by atoms with Gasteiger partial charge in [0.2, 0.25) is 0 Å². The third-order valence-corrected chi connectivity index (χ3v) is 2.42. The largest absolute Gasteiger partial charge is 0.504 e. The summed E-state index contributed by atoms with van der Waals surface area (Å²) in [4.78, 5) is 0. The van der Waals surface area contributed by atoms with Crippen LogP contribution in [-0.2, 0) is 13.0 Å². The van der Waals surface area contributed by atoms with Crippen molar-refractivity contribution < 1.29 is 14.9 Å². The zero-order valence-electron chi connectivity index (χ0n) is 9.29. The summed E-state index contributed by atoms with van der Waals surface area (Å²) in [6.07, 6.45) is 3.16. The smallest absolute Gasteiger partial charge is 0.163 e. The lowest BCUT2D eigenvalue weighted by atomic mass is 10.0. The van der Waals surface area contributed by atoms with Gasteiger partial charge in [-0.15, -0.1) is 0 Å². The zero-order valence-corrected chi connectivity index (χ0v) is 9.29. The van der Waals surface area contributed by atoms with Crippen LogP contribution in [0.2, 0.25) is 0 Å². The second kappa shape index (κ2) is 5.61. The number of unbranched alkanes of at least 4 members (excludes halogenated alkanes) is 1. The molecule has 0 aliphatic heterocycles. The van der Waals surface area contributed by atoms with E-state index in [1.807, 2.05) is 12.1 Å². The number of hydrogen-bond donors (Lipinski definition) is 2. The fraction of sp³-hybridized carbons (Fsp3) is 0.500. The highest BCUT2D eigenvalue weighted by Crippen LogP contribution is 2.31. The molecule has 0 radical (unpaired) electrons. The maximum absolute atomic E-state index is 9.65. The molecule has 1 aromatic rings. The molecule has 15 heavy (non-hydrogen) atoms. The van der Waals surface area contributed by atoms with Gasteiger partial charge in [0, 0.05) is 5.56 Å². The van der Waals surface area contributed by atoms with E-state index in [2.05, 4.69) is 6.92 Å². The third kappa shape index (κ3) is 2.86. The summed E-state index contributed by atoms with van der Waals surface area (Å²) in [7, 11) is 1.51. The van der Waals surface area contributed by atoms with Crippen molar-refractivity contribution in [3.63, 3.8) is 0 Å². The molecule has 0 saturated carbocycles. The van der Waals surface area contributed by atoms with Crippen molar-refractivity contribution in [3.05, 3.63) is 23.3 Å². The predicted molar refractivity (Wildman–Crippen MR) is 59.2 cm³/mol. The first-order valence-corrected chi connectivity index (χ1v) is 5.22. The summed E-state index contributed by atoms with van der Waals surface area (Å²) in [6.45, 7) is 1.97. The van der Waals surface area contributed by atoms with E-state index in [0.29, 0.717) is 11.3 Å². The first-order valence-electron chi connectivity index (χ1n) is 5.22. The van der Waals surface area contributed by atoms with Crippen LogP contribution < -0.4 is 4.74 Å². The minimum absolute atomic E-state index is 0.0419. The number of ether oxygens (including phenoxy) is 1. The summed E-state index contributed by atoms with van der Waals surface area (Å²) in [5.74, 6) is 0.480. The van der Waals surface area contributed by atoms with Gasteiger partial charge in [-0.1, -0.05) is 13.3 Å². The molecule has 0 fully saturated rings. The Morgan fingerprint density at radius 2 is 2.07 bits per heavy atom. The van der Waals surface area contributed by atoms with Crippen LogP contribution in [0.5, 0.6) is 11.5 Å². The molecule has 0 unspecified atom stereocenters. The molecule has 84 valence electrons. The van der Waals surface area contributed by atoms with Crippen molar-refractivity contribution in [1.82, 2.24) is 0 Å².